The van der Waals surface area contributed by atoms with Crippen LogP contribution in [0.4, 0.5) is 0 Å². The summed E-state index contributed by atoms with van der Waals surface area (Å²) in [6.07, 6.45) is 1.60. The number of carbonyl (C=O) groups excluding carboxylic acids is 1. The molecule has 7 nitrogen and oxygen atoms in total. The Balaban J connectivity index is 2.17. The molecule has 1 aromatic carbocycles. The van der Waals surface area contributed by atoms with Gasteiger partial charge in [-0.2, -0.15) is 4.31 Å². The predicted octanol–water partition coefficient (Wildman–Crippen LogP) is 1.97. The first kappa shape index (κ1) is 20.5. The van der Waals surface area contributed by atoms with Gasteiger partial charge in [0.05, 0.1) is 14.2 Å². The Hall–Kier alpha value is -1.80. The minimum atomic E-state index is -3.73. The van der Waals surface area contributed by atoms with Gasteiger partial charge in [-0.25, -0.2) is 8.42 Å². The molecule has 1 amide bonds. The van der Waals surface area contributed by atoms with Crippen molar-refractivity contribution in [2.24, 2.45) is 5.92 Å². The van der Waals surface area contributed by atoms with Gasteiger partial charge in [-0.1, -0.05) is 13.8 Å². The number of piperazine rings is 1. The Bertz CT molecular complexity index is 723. The number of rotatable bonds is 7. The minimum Gasteiger partial charge on any atom is -0.497 e. The molecule has 26 heavy (non-hydrogen) atoms. The van der Waals surface area contributed by atoms with Crippen LogP contribution in [0, 0.1) is 5.92 Å². The minimum absolute atomic E-state index is 0.0108. The van der Waals surface area contributed by atoms with E-state index in [4.69, 9.17) is 9.47 Å². The molecule has 1 aliphatic heterocycles. The summed E-state index contributed by atoms with van der Waals surface area (Å²) in [7, 11) is -0.803. The van der Waals surface area contributed by atoms with Gasteiger partial charge in [-0.3, -0.25) is 4.79 Å². The SMILES string of the molecule is CCC(CC)C(=O)N1CCN(S(=O)(=O)c2cc(OC)ccc2OC)CC1. The highest BCUT2D eigenvalue weighted by Crippen LogP contribution is 2.31. The smallest absolute Gasteiger partial charge is 0.247 e. The highest BCUT2D eigenvalue weighted by molar-refractivity contribution is 7.89. The summed E-state index contributed by atoms with van der Waals surface area (Å²) in [4.78, 5) is 14.3. The van der Waals surface area contributed by atoms with Crippen LogP contribution in [0.25, 0.3) is 0 Å². The third-order valence-corrected chi connectivity index (χ3v) is 6.79. The zero-order chi connectivity index (χ0) is 19.3. The molecule has 0 aromatic heterocycles. The second-order valence-electron chi connectivity index (χ2n) is 6.26. The van der Waals surface area contributed by atoms with E-state index in [0.717, 1.165) is 12.8 Å². The lowest BCUT2D eigenvalue weighted by Gasteiger charge is -2.35. The van der Waals surface area contributed by atoms with Crippen LogP contribution in [0.2, 0.25) is 0 Å². The second-order valence-corrected chi connectivity index (χ2v) is 8.17. The van der Waals surface area contributed by atoms with Gasteiger partial charge in [0.25, 0.3) is 0 Å². The van der Waals surface area contributed by atoms with Crippen LogP contribution in [0.5, 0.6) is 11.5 Å². The molecule has 0 atom stereocenters. The van der Waals surface area contributed by atoms with Crippen molar-refractivity contribution < 1.29 is 22.7 Å². The molecule has 1 aromatic rings. The molecule has 2 rings (SSSR count). The van der Waals surface area contributed by atoms with Crippen molar-refractivity contribution >= 4 is 15.9 Å². The van der Waals surface area contributed by atoms with Crippen LogP contribution in [-0.2, 0) is 14.8 Å². The normalized spacial score (nSPS) is 16.0. The number of carbonyl (C=O) groups is 1. The zero-order valence-corrected chi connectivity index (χ0v) is 16.7. The molecule has 1 saturated heterocycles. The third kappa shape index (κ3) is 4.12. The van der Waals surface area contributed by atoms with Crippen LogP contribution < -0.4 is 9.47 Å². The Morgan fingerprint density at radius 2 is 1.69 bits per heavy atom. The average molecular weight is 384 g/mol. The summed E-state index contributed by atoms with van der Waals surface area (Å²) in [6.45, 7) is 5.36. The van der Waals surface area contributed by atoms with Gasteiger partial charge in [0, 0.05) is 38.2 Å². The fourth-order valence-corrected chi connectivity index (χ4v) is 4.76. The molecule has 1 heterocycles. The number of benzene rings is 1. The quantitative estimate of drug-likeness (QED) is 0.718. The van der Waals surface area contributed by atoms with E-state index in [1.807, 2.05) is 13.8 Å². The van der Waals surface area contributed by atoms with Crippen molar-refractivity contribution in [2.45, 2.75) is 31.6 Å². The highest BCUT2D eigenvalue weighted by atomic mass is 32.2. The van der Waals surface area contributed by atoms with Crippen molar-refractivity contribution in [1.29, 1.82) is 0 Å². The number of amides is 1. The lowest BCUT2D eigenvalue weighted by Crippen LogP contribution is -2.51. The first-order chi connectivity index (χ1) is 12.4. The number of methoxy groups -OCH3 is 2. The first-order valence-corrected chi connectivity index (χ1v) is 10.3. The van der Waals surface area contributed by atoms with Gasteiger partial charge in [-0.15, -0.1) is 0 Å². The predicted molar refractivity (Wildman–Crippen MR) is 99.0 cm³/mol. The van der Waals surface area contributed by atoms with E-state index < -0.39 is 10.0 Å². The van der Waals surface area contributed by atoms with Crippen LogP contribution in [-0.4, -0.2) is 63.9 Å². The molecule has 8 heteroatoms. The number of ether oxygens (including phenoxy) is 2. The van der Waals surface area contributed by atoms with Crippen LogP contribution in [0.15, 0.2) is 23.1 Å². The van der Waals surface area contributed by atoms with E-state index in [1.54, 1.807) is 17.0 Å². The molecule has 0 unspecified atom stereocenters. The van der Waals surface area contributed by atoms with Crippen molar-refractivity contribution in [3.8, 4) is 11.5 Å². The molecule has 146 valence electrons. The van der Waals surface area contributed by atoms with E-state index in [0.29, 0.717) is 18.8 Å². The van der Waals surface area contributed by atoms with Gasteiger partial charge in [0.15, 0.2) is 0 Å². The van der Waals surface area contributed by atoms with Gasteiger partial charge in [0.1, 0.15) is 16.4 Å². The largest absolute Gasteiger partial charge is 0.497 e. The van der Waals surface area contributed by atoms with E-state index in [9.17, 15) is 13.2 Å². The molecular formula is C18H28N2O5S. The summed E-state index contributed by atoms with van der Waals surface area (Å²) >= 11 is 0. The Labute approximate surface area is 155 Å². The zero-order valence-electron chi connectivity index (χ0n) is 15.9. The van der Waals surface area contributed by atoms with Crippen LogP contribution in [0.1, 0.15) is 26.7 Å². The molecule has 0 saturated carbocycles. The Morgan fingerprint density at radius 3 is 2.19 bits per heavy atom. The number of hydrogen-bond acceptors (Lipinski definition) is 5. The standard InChI is InChI=1S/C18H28N2O5S/c1-5-14(6-2)18(21)19-9-11-20(12-10-19)26(22,23)17-13-15(24-3)7-8-16(17)25-4/h7-8,13-14H,5-6,9-12H2,1-4H3. The summed E-state index contributed by atoms with van der Waals surface area (Å²) < 4.78 is 37.9. The van der Waals surface area contributed by atoms with Gasteiger partial charge >= 0.3 is 0 Å². The fraction of sp³-hybridized carbons (Fsp3) is 0.611. The molecule has 0 spiro atoms. The highest BCUT2D eigenvalue weighted by Gasteiger charge is 2.33. The number of sulfonamides is 1. The van der Waals surface area contributed by atoms with Gasteiger partial charge in [-0.05, 0) is 25.0 Å². The van der Waals surface area contributed by atoms with Gasteiger partial charge < -0.3 is 14.4 Å². The molecule has 1 aliphatic rings. The summed E-state index contributed by atoms with van der Waals surface area (Å²) in [6, 6.07) is 4.71. The molecular weight excluding hydrogens is 356 g/mol. The topological polar surface area (TPSA) is 76.2 Å². The fourth-order valence-electron chi connectivity index (χ4n) is 3.17. The van der Waals surface area contributed by atoms with Crippen molar-refractivity contribution in [3.05, 3.63) is 18.2 Å². The van der Waals surface area contributed by atoms with Crippen LogP contribution in [0.3, 0.4) is 0 Å². The maximum atomic E-state index is 13.0. The van der Waals surface area contributed by atoms with Crippen LogP contribution >= 0.6 is 0 Å². The van der Waals surface area contributed by atoms with E-state index in [2.05, 4.69) is 0 Å². The van der Waals surface area contributed by atoms with E-state index in [-0.39, 0.29) is 35.6 Å². The molecule has 0 N–H and O–H groups in total. The lowest BCUT2D eigenvalue weighted by atomic mass is 10.0. The van der Waals surface area contributed by atoms with Crippen molar-refractivity contribution in [2.75, 3.05) is 40.4 Å². The molecule has 0 aliphatic carbocycles. The summed E-state index contributed by atoms with van der Waals surface area (Å²) in [5.41, 5.74) is 0. The second kappa shape index (κ2) is 8.73. The Morgan fingerprint density at radius 1 is 1.08 bits per heavy atom. The third-order valence-electron chi connectivity index (χ3n) is 4.87. The summed E-state index contributed by atoms with van der Waals surface area (Å²) in [5, 5.41) is 0. The monoisotopic (exact) mass is 384 g/mol. The van der Waals surface area contributed by atoms with E-state index >= 15 is 0 Å². The molecule has 0 radical (unpaired) electrons. The van der Waals surface area contributed by atoms with Crippen molar-refractivity contribution in [1.82, 2.24) is 9.21 Å². The van der Waals surface area contributed by atoms with Gasteiger partial charge in [0.2, 0.25) is 15.9 Å². The maximum Gasteiger partial charge on any atom is 0.247 e. The Kier molecular flexibility index (Phi) is 6.88. The number of nitrogens with zero attached hydrogens (tertiary/aromatic N) is 2. The summed E-state index contributed by atoms with van der Waals surface area (Å²) in [5.74, 6) is 0.857. The molecule has 0 bridgehead atoms. The number of hydrogen-bond donors (Lipinski definition) is 0. The first-order valence-electron chi connectivity index (χ1n) is 8.89. The molecule has 1 fully saturated rings. The van der Waals surface area contributed by atoms with Crippen molar-refractivity contribution in [3.63, 3.8) is 0 Å². The lowest BCUT2D eigenvalue weighted by molar-refractivity contribution is -0.136. The average Bonchev–Trinajstić information content (AvgIpc) is 2.68. The van der Waals surface area contributed by atoms with E-state index in [1.165, 1.54) is 24.6 Å². The maximum absolute atomic E-state index is 13.0.